The summed E-state index contributed by atoms with van der Waals surface area (Å²) in [6.45, 7) is 1.91. The topological polar surface area (TPSA) is 69.3 Å². The highest BCUT2D eigenvalue weighted by molar-refractivity contribution is 5.80. The number of nitrogens with zero attached hydrogens (tertiary/aromatic N) is 2. The van der Waals surface area contributed by atoms with Crippen molar-refractivity contribution in [3.63, 3.8) is 0 Å². The van der Waals surface area contributed by atoms with Gasteiger partial charge in [-0.3, -0.25) is 4.99 Å². The van der Waals surface area contributed by atoms with E-state index in [4.69, 9.17) is 19.9 Å². The third kappa shape index (κ3) is 2.14. The molecule has 21 heavy (non-hydrogen) atoms. The van der Waals surface area contributed by atoms with E-state index in [9.17, 15) is 0 Å². The maximum absolute atomic E-state index is 6.05. The van der Waals surface area contributed by atoms with Crippen LogP contribution in [-0.4, -0.2) is 37.9 Å². The van der Waals surface area contributed by atoms with Crippen molar-refractivity contribution < 1.29 is 14.2 Å². The molecule has 4 rings (SSSR count). The van der Waals surface area contributed by atoms with Gasteiger partial charge in [-0.05, 0) is 36.5 Å². The second kappa shape index (κ2) is 4.72. The molecule has 6 heteroatoms. The van der Waals surface area contributed by atoms with Gasteiger partial charge in [-0.2, -0.15) is 0 Å². The van der Waals surface area contributed by atoms with Crippen LogP contribution >= 0.6 is 0 Å². The van der Waals surface area contributed by atoms with Crippen molar-refractivity contribution in [3.05, 3.63) is 17.7 Å². The van der Waals surface area contributed by atoms with Crippen molar-refractivity contribution >= 4 is 5.96 Å². The van der Waals surface area contributed by atoms with Crippen LogP contribution in [0.15, 0.2) is 17.1 Å². The highest BCUT2D eigenvalue weighted by atomic mass is 16.7. The van der Waals surface area contributed by atoms with Crippen LogP contribution in [0.3, 0.4) is 0 Å². The van der Waals surface area contributed by atoms with Gasteiger partial charge in [0.2, 0.25) is 12.5 Å². The van der Waals surface area contributed by atoms with E-state index in [1.54, 1.807) is 7.11 Å². The Hall–Kier alpha value is -2.11. The summed E-state index contributed by atoms with van der Waals surface area (Å²) in [5, 5.41) is 0. The van der Waals surface area contributed by atoms with Crippen molar-refractivity contribution in [2.45, 2.75) is 18.9 Å². The largest absolute Gasteiger partial charge is 0.493 e. The number of nitrogens with two attached hydrogens (primary N) is 1. The lowest BCUT2D eigenvalue weighted by Gasteiger charge is -2.27. The lowest BCUT2D eigenvalue weighted by molar-refractivity contribution is 0.171. The Kier molecular flexibility index (Phi) is 2.83. The Labute approximate surface area is 123 Å². The minimum absolute atomic E-state index is 0.161. The summed E-state index contributed by atoms with van der Waals surface area (Å²) in [4.78, 5) is 6.62. The van der Waals surface area contributed by atoms with Crippen LogP contribution in [0.25, 0.3) is 0 Å². The number of guanidine groups is 1. The highest BCUT2D eigenvalue weighted by Gasteiger charge is 2.34. The Bertz CT molecular complexity index is 598. The molecule has 1 aromatic rings. The third-order valence-corrected chi connectivity index (χ3v) is 4.31. The van der Waals surface area contributed by atoms with E-state index in [0.717, 1.165) is 23.8 Å². The van der Waals surface area contributed by atoms with Crippen LogP contribution < -0.4 is 19.9 Å². The van der Waals surface area contributed by atoms with Crippen molar-refractivity contribution in [3.8, 4) is 17.2 Å². The molecule has 0 radical (unpaired) electrons. The van der Waals surface area contributed by atoms with Gasteiger partial charge in [0.15, 0.2) is 17.5 Å². The fourth-order valence-electron chi connectivity index (χ4n) is 2.96. The summed E-state index contributed by atoms with van der Waals surface area (Å²) in [6.07, 6.45) is 2.59. The Morgan fingerprint density at radius 2 is 2.24 bits per heavy atom. The summed E-state index contributed by atoms with van der Waals surface area (Å²) in [5.41, 5.74) is 7.17. The molecule has 1 unspecified atom stereocenters. The molecule has 0 spiro atoms. The molecule has 2 aliphatic heterocycles. The van der Waals surface area contributed by atoms with E-state index in [1.807, 2.05) is 12.1 Å². The molecule has 1 atom stereocenters. The SMILES string of the molecule is COc1cc(C2CN=C(N)N2CC2CC2)cc2c1OCO2. The van der Waals surface area contributed by atoms with Crippen LogP contribution in [-0.2, 0) is 0 Å². The minimum Gasteiger partial charge on any atom is -0.493 e. The molecule has 1 fully saturated rings. The molecule has 2 N–H and O–H groups in total. The lowest BCUT2D eigenvalue weighted by atomic mass is 10.0. The highest BCUT2D eigenvalue weighted by Crippen LogP contribution is 2.44. The number of fused-ring (bicyclic) bond motifs is 1. The summed E-state index contributed by atoms with van der Waals surface area (Å²) in [5.74, 6) is 3.53. The number of aliphatic imine (C=N–C) groups is 1. The zero-order valence-corrected chi connectivity index (χ0v) is 12.0. The first-order valence-corrected chi connectivity index (χ1v) is 7.30. The standard InChI is InChI=1S/C15H19N3O3/c1-19-12-4-10(5-13-14(12)21-8-20-13)11-6-17-15(16)18(11)7-9-2-3-9/h4-5,9,11H,2-3,6-8H2,1H3,(H2,16,17). The molecular weight excluding hydrogens is 270 g/mol. The quantitative estimate of drug-likeness (QED) is 0.909. The number of ether oxygens (including phenoxy) is 3. The Balaban J connectivity index is 1.66. The smallest absolute Gasteiger partial charge is 0.231 e. The van der Waals surface area contributed by atoms with Gasteiger partial charge in [-0.1, -0.05) is 0 Å². The molecule has 112 valence electrons. The molecule has 2 heterocycles. The average molecular weight is 289 g/mol. The maximum atomic E-state index is 6.05. The predicted octanol–water partition coefficient (Wildman–Crippen LogP) is 1.51. The molecule has 3 aliphatic rings. The van der Waals surface area contributed by atoms with Gasteiger partial charge >= 0.3 is 0 Å². The van der Waals surface area contributed by atoms with Crippen LogP contribution in [0.1, 0.15) is 24.4 Å². The van der Waals surface area contributed by atoms with Crippen LogP contribution in [0, 0.1) is 5.92 Å². The van der Waals surface area contributed by atoms with Crippen LogP contribution in [0.5, 0.6) is 17.2 Å². The fourth-order valence-corrected chi connectivity index (χ4v) is 2.96. The Morgan fingerprint density at radius 1 is 1.38 bits per heavy atom. The van der Waals surface area contributed by atoms with Crippen molar-refractivity contribution in [1.29, 1.82) is 0 Å². The molecule has 1 aromatic carbocycles. The molecule has 1 saturated carbocycles. The normalized spacial score (nSPS) is 23.4. The van der Waals surface area contributed by atoms with E-state index in [1.165, 1.54) is 12.8 Å². The second-order valence-electron chi connectivity index (χ2n) is 5.77. The van der Waals surface area contributed by atoms with E-state index in [2.05, 4.69) is 9.89 Å². The monoisotopic (exact) mass is 289 g/mol. The van der Waals surface area contributed by atoms with Gasteiger partial charge in [0.05, 0.1) is 19.7 Å². The summed E-state index contributed by atoms with van der Waals surface area (Å²) < 4.78 is 16.4. The number of rotatable bonds is 4. The first kappa shape index (κ1) is 12.6. The molecule has 0 saturated heterocycles. The van der Waals surface area contributed by atoms with Crippen molar-refractivity contribution in [2.75, 3.05) is 27.0 Å². The summed E-state index contributed by atoms with van der Waals surface area (Å²) in [7, 11) is 1.64. The molecule has 6 nitrogen and oxygen atoms in total. The van der Waals surface area contributed by atoms with E-state index < -0.39 is 0 Å². The molecule has 1 aliphatic carbocycles. The zero-order chi connectivity index (χ0) is 14.4. The third-order valence-electron chi connectivity index (χ3n) is 4.31. The van der Waals surface area contributed by atoms with E-state index >= 15 is 0 Å². The Morgan fingerprint density at radius 3 is 3.00 bits per heavy atom. The van der Waals surface area contributed by atoms with Gasteiger partial charge in [-0.25, -0.2) is 0 Å². The average Bonchev–Trinajstić information content (AvgIpc) is 3.05. The number of benzene rings is 1. The second-order valence-corrected chi connectivity index (χ2v) is 5.77. The molecule has 0 aromatic heterocycles. The van der Waals surface area contributed by atoms with Gasteiger partial charge in [0, 0.05) is 6.54 Å². The van der Waals surface area contributed by atoms with Gasteiger partial charge in [-0.15, -0.1) is 0 Å². The van der Waals surface area contributed by atoms with E-state index in [-0.39, 0.29) is 12.8 Å². The number of methoxy groups -OCH3 is 1. The number of hydrogen-bond donors (Lipinski definition) is 1. The molecule has 0 amide bonds. The van der Waals surface area contributed by atoms with Crippen molar-refractivity contribution in [1.82, 2.24) is 4.90 Å². The first-order chi connectivity index (χ1) is 10.3. The fraction of sp³-hybridized carbons (Fsp3) is 0.533. The first-order valence-electron chi connectivity index (χ1n) is 7.30. The number of hydrogen-bond acceptors (Lipinski definition) is 6. The van der Waals surface area contributed by atoms with Crippen molar-refractivity contribution in [2.24, 2.45) is 16.6 Å². The van der Waals surface area contributed by atoms with Gasteiger partial charge in [0.1, 0.15) is 0 Å². The van der Waals surface area contributed by atoms with E-state index in [0.29, 0.717) is 24.0 Å². The lowest BCUT2D eigenvalue weighted by Crippen LogP contribution is -2.37. The molecule has 0 bridgehead atoms. The zero-order valence-electron chi connectivity index (χ0n) is 12.0. The predicted molar refractivity (Wildman–Crippen MR) is 77.8 cm³/mol. The summed E-state index contributed by atoms with van der Waals surface area (Å²) >= 11 is 0. The minimum atomic E-state index is 0.161. The van der Waals surface area contributed by atoms with Crippen LogP contribution in [0.2, 0.25) is 0 Å². The summed E-state index contributed by atoms with van der Waals surface area (Å²) in [6, 6.07) is 4.18. The van der Waals surface area contributed by atoms with Gasteiger partial charge in [0.25, 0.3) is 0 Å². The molecular formula is C15H19N3O3. The maximum Gasteiger partial charge on any atom is 0.231 e. The van der Waals surface area contributed by atoms with Gasteiger partial charge < -0.3 is 24.8 Å². The van der Waals surface area contributed by atoms with Crippen LogP contribution in [0.4, 0.5) is 0 Å².